The summed E-state index contributed by atoms with van der Waals surface area (Å²) in [4.78, 5) is 23.2. The number of hydrogen-bond donors (Lipinski definition) is 1. The minimum Gasteiger partial charge on any atom is -0.480 e. The maximum Gasteiger partial charge on any atom is 0.413 e. The number of rotatable bonds is 4. The van der Waals surface area contributed by atoms with Crippen LogP contribution in [0.1, 0.15) is 32.4 Å². The molecule has 0 saturated carbocycles. The van der Waals surface area contributed by atoms with E-state index in [9.17, 15) is 22.8 Å². The molecular formula is C15H18F3NO4. The maximum atomic E-state index is 13.5. The number of ether oxygens (including phenoxy) is 1. The van der Waals surface area contributed by atoms with Gasteiger partial charge < -0.3 is 9.84 Å². The van der Waals surface area contributed by atoms with Gasteiger partial charge in [0.05, 0.1) is 0 Å². The van der Waals surface area contributed by atoms with Gasteiger partial charge in [0.25, 0.3) is 0 Å². The molecule has 1 atom stereocenters. The van der Waals surface area contributed by atoms with E-state index in [1.54, 1.807) is 0 Å². The summed E-state index contributed by atoms with van der Waals surface area (Å²) in [6.07, 6.45) is -6.20. The number of alkyl halides is 3. The molecule has 1 aromatic carbocycles. The van der Waals surface area contributed by atoms with Gasteiger partial charge in [-0.15, -0.1) is 0 Å². The average molecular weight is 333 g/mol. The molecule has 0 aliphatic heterocycles. The molecule has 0 radical (unpaired) electrons. The van der Waals surface area contributed by atoms with Crippen molar-refractivity contribution in [2.45, 2.75) is 38.6 Å². The summed E-state index contributed by atoms with van der Waals surface area (Å²) in [6, 6.07) is 4.22. The Morgan fingerprint density at radius 3 is 2.09 bits per heavy atom. The van der Waals surface area contributed by atoms with Crippen LogP contribution in [0.25, 0.3) is 0 Å². The van der Waals surface area contributed by atoms with Crippen molar-refractivity contribution in [3.8, 4) is 0 Å². The van der Waals surface area contributed by atoms with Crippen LogP contribution in [0.15, 0.2) is 30.3 Å². The molecule has 128 valence electrons. The normalized spacial score (nSPS) is 13.3. The molecule has 1 rings (SSSR count). The fourth-order valence-corrected chi connectivity index (χ4v) is 1.91. The van der Waals surface area contributed by atoms with Crippen LogP contribution in [0.3, 0.4) is 0 Å². The summed E-state index contributed by atoms with van der Waals surface area (Å²) < 4.78 is 45.3. The van der Waals surface area contributed by atoms with E-state index >= 15 is 0 Å². The van der Waals surface area contributed by atoms with E-state index in [-0.39, 0.29) is 10.5 Å². The molecule has 0 saturated heterocycles. The molecule has 0 aliphatic carbocycles. The number of nitrogens with zero attached hydrogens (tertiary/aromatic N) is 1. The van der Waals surface area contributed by atoms with Crippen molar-refractivity contribution in [3.05, 3.63) is 35.9 Å². The second kappa shape index (κ2) is 6.89. The lowest BCUT2D eigenvalue weighted by Gasteiger charge is -2.33. The average Bonchev–Trinajstić information content (AvgIpc) is 2.35. The van der Waals surface area contributed by atoms with E-state index in [0.29, 0.717) is 0 Å². The van der Waals surface area contributed by atoms with E-state index in [4.69, 9.17) is 9.84 Å². The summed E-state index contributed by atoms with van der Waals surface area (Å²) in [5.74, 6) is -1.57. The Bertz CT molecular complexity index is 552. The number of aliphatic carboxylic acids is 1. The van der Waals surface area contributed by atoms with Crippen molar-refractivity contribution in [2.24, 2.45) is 0 Å². The highest BCUT2D eigenvalue weighted by molar-refractivity contribution is 5.77. The minimum absolute atomic E-state index is 0.170. The smallest absolute Gasteiger partial charge is 0.413 e. The molecule has 1 amide bonds. The lowest BCUT2D eigenvalue weighted by atomic mass is 10.1. The molecule has 8 heteroatoms. The molecule has 5 nitrogen and oxygen atoms in total. The first-order valence-electron chi connectivity index (χ1n) is 6.75. The van der Waals surface area contributed by atoms with E-state index in [0.717, 1.165) is 0 Å². The first-order chi connectivity index (χ1) is 10.4. The number of halogens is 3. The topological polar surface area (TPSA) is 66.8 Å². The number of benzene rings is 1. The lowest BCUT2D eigenvalue weighted by Crippen LogP contribution is -2.47. The number of carboxylic acids is 1. The zero-order valence-corrected chi connectivity index (χ0v) is 12.9. The quantitative estimate of drug-likeness (QED) is 0.914. The predicted molar refractivity (Wildman–Crippen MR) is 75.8 cm³/mol. The van der Waals surface area contributed by atoms with Crippen molar-refractivity contribution >= 4 is 12.1 Å². The van der Waals surface area contributed by atoms with Crippen LogP contribution >= 0.6 is 0 Å². The van der Waals surface area contributed by atoms with Crippen molar-refractivity contribution in [3.63, 3.8) is 0 Å². The molecule has 0 heterocycles. The lowest BCUT2D eigenvalue weighted by molar-refractivity contribution is -0.185. The van der Waals surface area contributed by atoms with Crippen molar-refractivity contribution in [1.29, 1.82) is 0 Å². The van der Waals surface area contributed by atoms with Gasteiger partial charge in [0, 0.05) is 0 Å². The van der Waals surface area contributed by atoms with E-state index < -0.39 is 36.4 Å². The Hall–Kier alpha value is -2.25. The van der Waals surface area contributed by atoms with Crippen molar-refractivity contribution in [2.75, 3.05) is 6.54 Å². The van der Waals surface area contributed by atoms with Crippen LogP contribution in [0, 0.1) is 0 Å². The van der Waals surface area contributed by atoms with Gasteiger partial charge in [0.15, 0.2) is 6.04 Å². The van der Waals surface area contributed by atoms with Crippen LogP contribution in [0.2, 0.25) is 0 Å². The zero-order chi connectivity index (χ0) is 17.8. The summed E-state index contributed by atoms with van der Waals surface area (Å²) in [6.45, 7) is 3.31. The van der Waals surface area contributed by atoms with E-state index in [1.807, 2.05) is 0 Å². The third kappa shape index (κ3) is 5.80. The Morgan fingerprint density at radius 1 is 1.17 bits per heavy atom. The molecule has 0 spiro atoms. The van der Waals surface area contributed by atoms with Gasteiger partial charge in [-0.3, -0.25) is 9.69 Å². The highest BCUT2D eigenvalue weighted by Gasteiger charge is 2.48. The minimum atomic E-state index is -4.85. The van der Waals surface area contributed by atoms with Gasteiger partial charge >= 0.3 is 18.2 Å². The summed E-state index contributed by atoms with van der Waals surface area (Å²) in [7, 11) is 0. The molecule has 0 bridgehead atoms. The summed E-state index contributed by atoms with van der Waals surface area (Å²) >= 11 is 0. The van der Waals surface area contributed by atoms with Gasteiger partial charge in [-0.2, -0.15) is 13.2 Å². The molecule has 0 aromatic heterocycles. The van der Waals surface area contributed by atoms with E-state index in [1.165, 1.54) is 51.1 Å². The molecular weight excluding hydrogens is 315 g/mol. The first-order valence-corrected chi connectivity index (χ1v) is 6.75. The van der Waals surface area contributed by atoms with Gasteiger partial charge in [-0.05, 0) is 26.3 Å². The molecule has 1 unspecified atom stereocenters. The van der Waals surface area contributed by atoms with Crippen LogP contribution < -0.4 is 0 Å². The maximum absolute atomic E-state index is 13.5. The van der Waals surface area contributed by atoms with Crippen molar-refractivity contribution < 1.29 is 32.6 Å². The Kier molecular flexibility index (Phi) is 5.63. The molecule has 1 aromatic rings. The standard InChI is InChI=1S/C15H18F3NO4/c1-14(2,3)23-13(22)19(9-11(20)21)12(15(16,17)18)10-7-5-4-6-8-10/h4-8,12H,9H2,1-3H3,(H,20,21). The predicted octanol–water partition coefficient (Wildman–Crippen LogP) is 3.61. The molecule has 0 aliphatic rings. The largest absolute Gasteiger partial charge is 0.480 e. The highest BCUT2D eigenvalue weighted by atomic mass is 19.4. The molecule has 23 heavy (non-hydrogen) atoms. The number of carboxylic acid groups (broad SMARTS) is 1. The second-order valence-electron chi connectivity index (χ2n) is 5.86. The number of carbonyl (C=O) groups excluding carboxylic acids is 1. The summed E-state index contributed by atoms with van der Waals surface area (Å²) in [5, 5.41) is 8.88. The number of carbonyl (C=O) groups is 2. The van der Waals surface area contributed by atoms with Gasteiger partial charge in [-0.1, -0.05) is 30.3 Å². The van der Waals surface area contributed by atoms with Crippen molar-refractivity contribution in [1.82, 2.24) is 4.90 Å². The Labute approximate surface area is 131 Å². The van der Waals surface area contributed by atoms with Gasteiger partial charge in [-0.25, -0.2) is 4.79 Å². The monoisotopic (exact) mass is 333 g/mol. The first kappa shape index (κ1) is 18.8. The Balaban J connectivity index is 3.28. The third-order valence-electron chi connectivity index (χ3n) is 2.67. The number of amides is 1. The zero-order valence-electron chi connectivity index (χ0n) is 12.9. The van der Waals surface area contributed by atoms with Crippen LogP contribution in [-0.4, -0.2) is 40.4 Å². The second-order valence-corrected chi connectivity index (χ2v) is 5.86. The van der Waals surface area contributed by atoms with Gasteiger partial charge in [0.1, 0.15) is 12.1 Å². The van der Waals surface area contributed by atoms with Crippen LogP contribution in [0.4, 0.5) is 18.0 Å². The summed E-state index contributed by atoms with van der Waals surface area (Å²) in [5.41, 5.74) is -1.30. The Morgan fingerprint density at radius 2 is 1.70 bits per heavy atom. The van der Waals surface area contributed by atoms with Crippen LogP contribution in [-0.2, 0) is 9.53 Å². The fraction of sp³-hybridized carbons (Fsp3) is 0.467. The third-order valence-corrected chi connectivity index (χ3v) is 2.67. The SMILES string of the molecule is CC(C)(C)OC(=O)N(CC(=O)O)C(c1ccccc1)C(F)(F)F. The number of hydrogen-bond acceptors (Lipinski definition) is 3. The van der Waals surface area contributed by atoms with Crippen LogP contribution in [0.5, 0.6) is 0 Å². The van der Waals surface area contributed by atoms with Gasteiger partial charge in [0.2, 0.25) is 0 Å². The highest BCUT2D eigenvalue weighted by Crippen LogP contribution is 2.38. The molecule has 0 fully saturated rings. The fourth-order valence-electron chi connectivity index (χ4n) is 1.91. The van der Waals surface area contributed by atoms with E-state index in [2.05, 4.69) is 0 Å². The molecule has 1 N–H and O–H groups in total.